The second kappa shape index (κ2) is 6.51. The fourth-order valence-electron chi connectivity index (χ4n) is 2.09. The number of nitrogens with two attached hydrogens (primary N) is 1. The fourth-order valence-corrected chi connectivity index (χ4v) is 3.91. The summed E-state index contributed by atoms with van der Waals surface area (Å²) in [4.78, 5) is 30.8. The number of thioether (sulfide) groups is 1. The molecule has 3 aromatic rings. The molecule has 2 heterocycles. The number of thiophene rings is 1. The van der Waals surface area contributed by atoms with Gasteiger partial charge in [0.05, 0.1) is 5.39 Å². The molecule has 23 heavy (non-hydrogen) atoms. The van der Waals surface area contributed by atoms with Crippen molar-refractivity contribution >= 4 is 39.2 Å². The molecule has 0 aliphatic heterocycles. The summed E-state index contributed by atoms with van der Waals surface area (Å²) in [7, 11) is 0. The lowest BCUT2D eigenvalue weighted by atomic mass is 10.1. The van der Waals surface area contributed by atoms with Gasteiger partial charge in [0.2, 0.25) is 5.91 Å². The smallest absolute Gasteiger partial charge is 0.260 e. The number of carbonyl (C=O) groups is 1. The highest BCUT2D eigenvalue weighted by Crippen LogP contribution is 2.31. The largest absolute Gasteiger partial charge is 0.370 e. The predicted octanol–water partition coefficient (Wildman–Crippen LogP) is 2.76. The second-order valence-electron chi connectivity index (χ2n) is 4.77. The SMILES string of the molecule is NC(=O)CCSc1nc2scc(-c3ccc(F)cc3)c2c(=O)[nH]1. The van der Waals surface area contributed by atoms with Crippen molar-refractivity contribution < 1.29 is 9.18 Å². The number of nitrogens with zero attached hydrogens (tertiary/aromatic N) is 1. The van der Waals surface area contributed by atoms with Crippen molar-refractivity contribution in [2.24, 2.45) is 5.73 Å². The van der Waals surface area contributed by atoms with Crippen LogP contribution in [0.5, 0.6) is 0 Å². The molecular weight excluding hydrogens is 337 g/mol. The zero-order valence-corrected chi connectivity index (χ0v) is 13.5. The molecule has 118 valence electrons. The molecule has 0 unspecified atom stereocenters. The Kier molecular flexibility index (Phi) is 4.44. The molecule has 1 aromatic carbocycles. The highest BCUT2D eigenvalue weighted by Gasteiger charge is 2.13. The Morgan fingerprint density at radius 1 is 1.35 bits per heavy atom. The van der Waals surface area contributed by atoms with E-state index in [1.165, 1.54) is 35.2 Å². The number of fused-ring (bicyclic) bond motifs is 1. The van der Waals surface area contributed by atoms with Gasteiger partial charge in [0.1, 0.15) is 10.6 Å². The number of carbonyl (C=O) groups excluding carboxylic acids is 1. The minimum Gasteiger partial charge on any atom is -0.370 e. The summed E-state index contributed by atoms with van der Waals surface area (Å²) in [6.45, 7) is 0. The molecule has 0 aliphatic rings. The third kappa shape index (κ3) is 3.43. The third-order valence-electron chi connectivity index (χ3n) is 3.16. The van der Waals surface area contributed by atoms with Crippen LogP contribution in [0.2, 0.25) is 0 Å². The van der Waals surface area contributed by atoms with Crippen LogP contribution in [-0.2, 0) is 4.79 Å². The van der Waals surface area contributed by atoms with E-state index < -0.39 is 5.91 Å². The normalized spacial score (nSPS) is 11.0. The Labute approximate surface area is 138 Å². The number of nitrogens with one attached hydrogen (secondary N) is 1. The molecule has 0 spiro atoms. The van der Waals surface area contributed by atoms with E-state index in [9.17, 15) is 14.0 Å². The first kappa shape index (κ1) is 15.7. The van der Waals surface area contributed by atoms with Crippen molar-refractivity contribution in [3.05, 3.63) is 45.8 Å². The molecule has 0 saturated heterocycles. The number of aromatic amines is 1. The molecule has 0 saturated carbocycles. The number of rotatable bonds is 5. The van der Waals surface area contributed by atoms with Crippen LogP contribution < -0.4 is 11.3 Å². The van der Waals surface area contributed by atoms with Gasteiger partial charge in [0, 0.05) is 23.1 Å². The first-order valence-corrected chi connectivity index (χ1v) is 8.59. The minimum absolute atomic E-state index is 0.220. The van der Waals surface area contributed by atoms with Crippen molar-refractivity contribution in [1.29, 1.82) is 0 Å². The van der Waals surface area contributed by atoms with Crippen LogP contribution in [0.1, 0.15) is 6.42 Å². The Bertz CT molecular complexity index is 919. The number of benzene rings is 1. The highest BCUT2D eigenvalue weighted by atomic mass is 32.2. The average Bonchev–Trinajstić information content (AvgIpc) is 2.92. The third-order valence-corrected chi connectivity index (χ3v) is 4.91. The van der Waals surface area contributed by atoms with E-state index in [4.69, 9.17) is 5.73 Å². The van der Waals surface area contributed by atoms with Gasteiger partial charge in [-0.25, -0.2) is 9.37 Å². The molecular formula is C15H12FN3O2S2. The van der Waals surface area contributed by atoms with E-state index >= 15 is 0 Å². The lowest BCUT2D eigenvalue weighted by molar-refractivity contribution is -0.117. The maximum absolute atomic E-state index is 13.0. The van der Waals surface area contributed by atoms with Crippen LogP contribution in [0.25, 0.3) is 21.3 Å². The Morgan fingerprint density at radius 3 is 2.78 bits per heavy atom. The molecule has 0 aliphatic carbocycles. The zero-order valence-electron chi connectivity index (χ0n) is 11.8. The van der Waals surface area contributed by atoms with E-state index in [0.717, 1.165) is 11.1 Å². The summed E-state index contributed by atoms with van der Waals surface area (Å²) in [6.07, 6.45) is 0.220. The summed E-state index contributed by atoms with van der Waals surface area (Å²) >= 11 is 2.63. The van der Waals surface area contributed by atoms with Gasteiger partial charge in [-0.05, 0) is 17.7 Å². The minimum atomic E-state index is -0.393. The monoisotopic (exact) mass is 349 g/mol. The summed E-state index contributed by atoms with van der Waals surface area (Å²) in [5, 5.41) is 2.77. The first-order chi connectivity index (χ1) is 11.0. The van der Waals surface area contributed by atoms with Crippen molar-refractivity contribution in [2.75, 3.05) is 5.75 Å². The molecule has 0 fully saturated rings. The average molecular weight is 349 g/mol. The first-order valence-electron chi connectivity index (χ1n) is 6.73. The molecule has 2 aromatic heterocycles. The van der Waals surface area contributed by atoms with Crippen LogP contribution in [0.3, 0.4) is 0 Å². The van der Waals surface area contributed by atoms with Crippen molar-refractivity contribution in [1.82, 2.24) is 9.97 Å². The van der Waals surface area contributed by atoms with Gasteiger partial charge in [-0.2, -0.15) is 0 Å². The summed E-state index contributed by atoms with van der Waals surface area (Å²) in [6, 6.07) is 5.97. The standard InChI is InChI=1S/C15H12FN3O2S2/c16-9-3-1-8(2-4-9)10-7-23-14-12(10)13(21)18-15(19-14)22-6-5-11(17)20/h1-4,7H,5-6H2,(H2,17,20)(H,18,19,21). The molecule has 3 N–H and O–H groups in total. The summed E-state index contributed by atoms with van der Waals surface area (Å²) < 4.78 is 13.0. The summed E-state index contributed by atoms with van der Waals surface area (Å²) in [5.41, 5.74) is 6.33. The van der Waals surface area contributed by atoms with E-state index in [2.05, 4.69) is 9.97 Å². The Morgan fingerprint density at radius 2 is 2.09 bits per heavy atom. The maximum Gasteiger partial charge on any atom is 0.260 e. The van der Waals surface area contributed by atoms with Crippen LogP contribution in [0.15, 0.2) is 39.6 Å². The maximum atomic E-state index is 13.0. The van der Waals surface area contributed by atoms with E-state index in [1.807, 2.05) is 5.38 Å². The highest BCUT2D eigenvalue weighted by molar-refractivity contribution is 7.99. The molecule has 0 atom stereocenters. The van der Waals surface area contributed by atoms with Gasteiger partial charge in [0.15, 0.2) is 5.16 Å². The van der Waals surface area contributed by atoms with Crippen LogP contribution in [-0.4, -0.2) is 21.6 Å². The summed E-state index contributed by atoms with van der Waals surface area (Å²) in [5.74, 6) is -0.260. The fraction of sp³-hybridized carbons (Fsp3) is 0.133. The Balaban J connectivity index is 1.96. The van der Waals surface area contributed by atoms with Gasteiger partial charge in [-0.3, -0.25) is 9.59 Å². The lowest BCUT2D eigenvalue weighted by Crippen LogP contribution is -2.12. The zero-order chi connectivity index (χ0) is 16.4. The predicted molar refractivity (Wildman–Crippen MR) is 90.2 cm³/mol. The Hall–Kier alpha value is -2.19. The molecule has 5 nitrogen and oxygen atoms in total. The number of aromatic nitrogens is 2. The number of amides is 1. The van der Waals surface area contributed by atoms with Crippen molar-refractivity contribution in [3.63, 3.8) is 0 Å². The van der Waals surface area contributed by atoms with Crippen LogP contribution >= 0.6 is 23.1 Å². The van der Waals surface area contributed by atoms with Gasteiger partial charge >= 0.3 is 0 Å². The number of hydrogen-bond donors (Lipinski definition) is 2. The molecule has 3 rings (SSSR count). The quantitative estimate of drug-likeness (QED) is 0.547. The van der Waals surface area contributed by atoms with Crippen molar-refractivity contribution in [3.8, 4) is 11.1 Å². The molecule has 0 bridgehead atoms. The van der Waals surface area contributed by atoms with E-state index in [-0.39, 0.29) is 17.8 Å². The van der Waals surface area contributed by atoms with Crippen LogP contribution in [0, 0.1) is 5.82 Å². The topological polar surface area (TPSA) is 88.8 Å². The molecule has 8 heteroatoms. The van der Waals surface area contributed by atoms with E-state index in [1.54, 1.807) is 12.1 Å². The number of halogens is 1. The lowest BCUT2D eigenvalue weighted by Gasteiger charge is -2.01. The number of H-pyrrole nitrogens is 1. The van der Waals surface area contributed by atoms with Crippen LogP contribution in [0.4, 0.5) is 4.39 Å². The molecule has 0 radical (unpaired) electrons. The van der Waals surface area contributed by atoms with Crippen molar-refractivity contribution in [2.45, 2.75) is 11.6 Å². The van der Waals surface area contributed by atoms with Gasteiger partial charge in [-0.1, -0.05) is 23.9 Å². The van der Waals surface area contributed by atoms with Gasteiger partial charge < -0.3 is 10.7 Å². The van der Waals surface area contributed by atoms with Gasteiger partial charge in [0.25, 0.3) is 5.56 Å². The molecule has 1 amide bonds. The van der Waals surface area contributed by atoms with E-state index in [0.29, 0.717) is 21.1 Å². The van der Waals surface area contributed by atoms with Gasteiger partial charge in [-0.15, -0.1) is 11.3 Å². The number of primary amides is 1. The second-order valence-corrected chi connectivity index (χ2v) is 6.71. The number of hydrogen-bond acceptors (Lipinski definition) is 5.